The van der Waals surface area contributed by atoms with Crippen molar-refractivity contribution in [3.63, 3.8) is 0 Å². The molecule has 3 amide bonds. The number of carbonyl (C=O) groups is 3. The molecule has 0 aliphatic heterocycles. The molecular weight excluding hydrogens is 1060 g/mol. The van der Waals surface area contributed by atoms with E-state index in [0.717, 1.165) is 96.3 Å². The molecule has 0 N–H and O–H groups in total. The molecule has 0 spiro atoms. The van der Waals surface area contributed by atoms with Gasteiger partial charge in [-0.05, 0) is 86.5 Å². The molecule has 0 bridgehead atoms. The van der Waals surface area contributed by atoms with Crippen LogP contribution < -0.4 is 0 Å². The van der Waals surface area contributed by atoms with Gasteiger partial charge in [0.1, 0.15) is 18.5 Å². The minimum absolute atomic E-state index is 0.180. The molecule has 464 valence electrons. The first-order valence-electron chi connectivity index (χ1n) is 30.8. The number of unbranched alkanes of at least 4 members (excludes halogenated alkanes) is 15. The number of carbonyl (C=O) groups excluding carboxylic acids is 3. The number of nitrogens with zero attached hydrogens (tertiary/aromatic N) is 3. The van der Waals surface area contributed by atoms with E-state index >= 15 is 0 Å². The summed E-state index contributed by atoms with van der Waals surface area (Å²) in [4.78, 5) is 46.4. The van der Waals surface area contributed by atoms with Gasteiger partial charge in [0.15, 0.2) is 0 Å². The van der Waals surface area contributed by atoms with Gasteiger partial charge < -0.3 is 56.1 Å². The first kappa shape index (κ1) is 76.7. The van der Waals surface area contributed by atoms with Crippen LogP contribution in [0.2, 0.25) is 0 Å². The normalized spacial score (nSPS) is 12.4. The largest absolute Gasteiger partial charge is 0.381 e. The van der Waals surface area contributed by atoms with Gasteiger partial charge in [-0.1, -0.05) is 124 Å². The van der Waals surface area contributed by atoms with Crippen molar-refractivity contribution in [3.8, 4) is 0 Å². The predicted molar refractivity (Wildman–Crippen MR) is 316 cm³/mol. The summed E-state index contributed by atoms with van der Waals surface area (Å²) in [7, 11) is -10.8. The van der Waals surface area contributed by atoms with Crippen LogP contribution in [0, 0.1) is 5.41 Å². The lowest BCUT2D eigenvalue weighted by atomic mass is 9.88. The smallest absolute Gasteiger partial charge is 0.340 e. The highest BCUT2D eigenvalue weighted by Crippen LogP contribution is 2.49. The maximum absolute atomic E-state index is 13.7. The molecule has 0 aliphatic rings. The Morgan fingerprint density at radius 2 is 0.538 bits per heavy atom. The van der Waals surface area contributed by atoms with Crippen LogP contribution in [-0.2, 0) is 69.4 Å². The van der Waals surface area contributed by atoms with Crippen molar-refractivity contribution < 1.29 is 69.4 Å². The zero-order valence-corrected chi connectivity index (χ0v) is 53.9. The molecule has 0 aromatic heterocycles. The lowest BCUT2D eigenvalue weighted by molar-refractivity contribution is -0.130. The van der Waals surface area contributed by atoms with Gasteiger partial charge in [-0.15, -0.1) is 0 Å². The molecule has 0 unspecified atom stereocenters. The Labute approximate surface area is 475 Å². The summed E-state index contributed by atoms with van der Waals surface area (Å²) in [5.74, 6) is -0.769. The molecule has 21 heteroatoms. The Bertz CT molecular complexity index is 1420. The van der Waals surface area contributed by atoms with Crippen molar-refractivity contribution in [1.82, 2.24) is 14.7 Å². The first-order chi connectivity index (χ1) is 37.6. The Morgan fingerprint density at radius 3 is 0.756 bits per heavy atom. The Kier molecular flexibility index (Phi) is 48.4. The molecule has 18 nitrogen and oxygen atoms in total. The summed E-state index contributed by atoms with van der Waals surface area (Å²) < 4.78 is 92.5. The topological polar surface area (TPSA) is 195 Å². The molecule has 0 atom stereocenters. The Balaban J connectivity index is 6.30. The summed E-state index contributed by atoms with van der Waals surface area (Å²) in [6.45, 7) is 25.1. The third kappa shape index (κ3) is 37.8. The minimum atomic E-state index is -3.59. The fourth-order valence-electron chi connectivity index (χ4n) is 9.07. The van der Waals surface area contributed by atoms with E-state index in [0.29, 0.717) is 105 Å². The third-order valence-electron chi connectivity index (χ3n) is 13.5. The zero-order chi connectivity index (χ0) is 58.2. The molecule has 0 saturated carbocycles. The lowest BCUT2D eigenvalue weighted by Crippen LogP contribution is -2.39. The standard InChI is InChI=1S/C57H116N3O15P3/c1-11-21-24-27-30-33-39-58(54(61)48-76(64,70-15-5)71-16-6)42-36-45-67-51-57(14-4,52-68-46-37-43-59(40-34-31-28-25-22-12-2)55(62)49-77(65,72-17-7)73-18-8)53-69-47-38-44-60(41-35-32-29-26-23-13-3)56(63)50-78(66,74-19-9)75-20-10/h11-53H2,1-10H3. The second kappa shape index (κ2) is 49.2. The average Bonchev–Trinajstić information content (AvgIpc) is 3.39. The van der Waals surface area contributed by atoms with Gasteiger partial charge in [-0.25, -0.2) is 0 Å². The molecule has 0 saturated heterocycles. The summed E-state index contributed by atoms with van der Waals surface area (Å²) >= 11 is 0. The molecule has 0 rings (SSSR count). The summed E-state index contributed by atoms with van der Waals surface area (Å²) in [5, 5.41) is 0. The SMILES string of the molecule is CCCCCCCCN(CCCOCC(CC)(COCCCN(CCCCCCCC)C(=O)CP(=O)(OCC)OCC)COCCCN(CCCCCCCC)C(=O)CP(=O)(OCC)OCC)C(=O)CP(=O)(OCC)OCC. The number of hydrogen-bond donors (Lipinski definition) is 0. The van der Waals surface area contributed by atoms with Crippen LogP contribution in [0.15, 0.2) is 0 Å². The highest BCUT2D eigenvalue weighted by atomic mass is 31.2. The quantitative estimate of drug-likeness (QED) is 0.0412. The molecular formula is C57H116N3O15P3. The van der Waals surface area contributed by atoms with E-state index in [1.54, 1.807) is 56.2 Å². The zero-order valence-electron chi connectivity index (χ0n) is 51.2. The Morgan fingerprint density at radius 1 is 0.321 bits per heavy atom. The van der Waals surface area contributed by atoms with Crippen molar-refractivity contribution in [2.24, 2.45) is 5.41 Å². The number of hydrogen-bond acceptors (Lipinski definition) is 15. The monoisotopic (exact) mass is 1180 g/mol. The van der Waals surface area contributed by atoms with Crippen LogP contribution in [0.25, 0.3) is 0 Å². The van der Waals surface area contributed by atoms with E-state index in [-0.39, 0.29) is 75.8 Å². The van der Waals surface area contributed by atoms with E-state index in [9.17, 15) is 28.1 Å². The number of amides is 3. The molecule has 0 aromatic rings. The maximum Gasteiger partial charge on any atom is 0.340 e. The van der Waals surface area contributed by atoms with Crippen molar-refractivity contribution in [2.45, 2.75) is 210 Å². The fourth-order valence-corrected chi connectivity index (χ4v) is 13.8. The van der Waals surface area contributed by atoms with Crippen molar-refractivity contribution >= 4 is 40.5 Å². The van der Waals surface area contributed by atoms with Crippen LogP contribution in [0.3, 0.4) is 0 Å². The van der Waals surface area contributed by atoms with Gasteiger partial charge in [0.05, 0.1) is 59.5 Å². The lowest BCUT2D eigenvalue weighted by Gasteiger charge is -2.33. The van der Waals surface area contributed by atoms with Crippen LogP contribution in [-0.4, -0.2) is 169 Å². The number of ether oxygens (including phenoxy) is 3. The van der Waals surface area contributed by atoms with E-state index in [4.69, 9.17) is 41.4 Å². The molecule has 0 radical (unpaired) electrons. The van der Waals surface area contributed by atoms with Gasteiger partial charge in [0, 0.05) is 64.5 Å². The molecule has 0 aromatic carbocycles. The molecule has 78 heavy (non-hydrogen) atoms. The first-order valence-corrected chi connectivity index (χ1v) is 36.0. The van der Waals surface area contributed by atoms with Gasteiger partial charge >= 0.3 is 22.8 Å². The number of rotatable bonds is 58. The van der Waals surface area contributed by atoms with Crippen LogP contribution >= 0.6 is 22.8 Å². The fraction of sp³-hybridized carbons (Fsp3) is 0.947. The van der Waals surface area contributed by atoms with E-state index in [1.165, 1.54) is 19.3 Å². The molecule has 0 fully saturated rings. The minimum Gasteiger partial charge on any atom is -0.381 e. The van der Waals surface area contributed by atoms with Crippen molar-refractivity contribution in [1.29, 1.82) is 0 Å². The maximum atomic E-state index is 13.7. The van der Waals surface area contributed by atoms with Gasteiger partial charge in [0.2, 0.25) is 17.7 Å². The molecule has 0 aliphatic carbocycles. The molecule has 0 heterocycles. The van der Waals surface area contributed by atoms with Crippen LogP contribution in [0.4, 0.5) is 0 Å². The van der Waals surface area contributed by atoms with Crippen molar-refractivity contribution in [3.05, 3.63) is 0 Å². The van der Waals surface area contributed by atoms with Crippen molar-refractivity contribution in [2.75, 3.05) is 137 Å². The third-order valence-corrected chi connectivity index (χ3v) is 19.4. The second-order valence-corrected chi connectivity index (χ2v) is 26.5. The highest BCUT2D eigenvalue weighted by Gasteiger charge is 2.34. The van der Waals surface area contributed by atoms with E-state index in [1.807, 2.05) is 0 Å². The van der Waals surface area contributed by atoms with E-state index in [2.05, 4.69) is 27.7 Å². The second-order valence-electron chi connectivity index (χ2n) is 20.3. The predicted octanol–water partition coefficient (Wildman–Crippen LogP) is 14.0. The van der Waals surface area contributed by atoms with Crippen LogP contribution in [0.5, 0.6) is 0 Å². The highest BCUT2D eigenvalue weighted by molar-refractivity contribution is 7.55. The average molecular weight is 1180 g/mol. The van der Waals surface area contributed by atoms with Gasteiger partial charge in [0.25, 0.3) is 0 Å². The van der Waals surface area contributed by atoms with Gasteiger partial charge in [-0.2, -0.15) is 0 Å². The van der Waals surface area contributed by atoms with Crippen LogP contribution in [0.1, 0.15) is 210 Å². The summed E-state index contributed by atoms with van der Waals surface area (Å²) in [5.41, 5.74) is -0.555. The van der Waals surface area contributed by atoms with E-state index < -0.39 is 28.2 Å². The summed E-state index contributed by atoms with van der Waals surface area (Å²) in [6, 6.07) is 0. The Hall–Kier alpha value is -1.26. The van der Waals surface area contributed by atoms with Gasteiger partial charge in [-0.3, -0.25) is 28.1 Å². The summed E-state index contributed by atoms with van der Waals surface area (Å²) in [6.07, 6.45) is 20.7.